The molecule has 0 radical (unpaired) electrons. The maximum Gasteiger partial charge on any atom is 0.213 e. The van der Waals surface area contributed by atoms with Crippen molar-refractivity contribution < 1.29 is 4.42 Å². The van der Waals surface area contributed by atoms with Crippen LogP contribution in [-0.2, 0) is 0 Å². The van der Waals surface area contributed by atoms with Gasteiger partial charge in [-0.1, -0.05) is 158 Å². The number of nitrogens with zero attached hydrogens (tertiary/aromatic N) is 3. The molecule has 11 rings (SSSR count). The van der Waals surface area contributed by atoms with Crippen molar-refractivity contribution in [3.05, 3.63) is 188 Å². The molecule has 0 bridgehead atoms. The second kappa shape index (κ2) is 12.1. The van der Waals surface area contributed by atoms with E-state index in [1.165, 1.54) is 16.2 Å². The number of fused-ring (bicyclic) bond motifs is 7. The third kappa shape index (κ3) is 4.85. The predicted molar refractivity (Wildman–Crippen MR) is 222 cm³/mol. The lowest BCUT2D eigenvalue weighted by Crippen LogP contribution is -1.97. The minimum atomic E-state index is 0.707. The molecule has 0 N–H and O–H groups in total. The smallest absolute Gasteiger partial charge is 0.213 e. The standard InChI is InChI=1S/C50H31N3O/c1-3-18-38-33(12-1)14-10-21-40(38)44-31-43(51-49(52-44)41-22-11-15-34-13-2-4-19-39(34)41)37-17-9-16-36(30-37)32-26-28-35(29-27-32)48-42-20-5-6-23-45(42)53-46-24-7-8-25-47(46)54-50(48)53/h1-31H. The van der Waals surface area contributed by atoms with Crippen LogP contribution in [0.4, 0.5) is 0 Å². The van der Waals surface area contributed by atoms with E-state index in [0.29, 0.717) is 5.82 Å². The molecule has 0 fully saturated rings. The van der Waals surface area contributed by atoms with Crippen LogP contribution in [0.2, 0.25) is 0 Å². The zero-order valence-electron chi connectivity index (χ0n) is 29.1. The quantitative estimate of drug-likeness (QED) is 0.181. The molecular weight excluding hydrogens is 659 g/mol. The van der Waals surface area contributed by atoms with Crippen LogP contribution in [0.15, 0.2) is 192 Å². The van der Waals surface area contributed by atoms with Crippen molar-refractivity contribution in [3.63, 3.8) is 0 Å². The molecule has 54 heavy (non-hydrogen) atoms. The Morgan fingerprint density at radius 3 is 1.76 bits per heavy atom. The summed E-state index contributed by atoms with van der Waals surface area (Å²) in [6.45, 7) is 0. The second-order valence-corrected chi connectivity index (χ2v) is 13.8. The van der Waals surface area contributed by atoms with Gasteiger partial charge in [-0.2, -0.15) is 0 Å². The summed E-state index contributed by atoms with van der Waals surface area (Å²) >= 11 is 0. The molecule has 8 aromatic carbocycles. The van der Waals surface area contributed by atoms with Gasteiger partial charge in [0, 0.05) is 22.1 Å². The Kier molecular flexibility index (Phi) is 6.82. The van der Waals surface area contributed by atoms with Crippen LogP contribution in [0, 0.1) is 0 Å². The van der Waals surface area contributed by atoms with Crippen molar-refractivity contribution in [1.82, 2.24) is 14.4 Å². The van der Waals surface area contributed by atoms with Gasteiger partial charge in [0.2, 0.25) is 5.71 Å². The minimum Gasteiger partial charge on any atom is -0.438 e. The van der Waals surface area contributed by atoms with Crippen molar-refractivity contribution in [2.75, 3.05) is 0 Å². The van der Waals surface area contributed by atoms with Crippen LogP contribution in [0.1, 0.15) is 0 Å². The summed E-state index contributed by atoms with van der Waals surface area (Å²) in [7, 11) is 0. The molecular formula is C50H31N3O. The molecule has 3 aromatic heterocycles. The average molecular weight is 690 g/mol. The maximum absolute atomic E-state index is 6.48. The highest BCUT2D eigenvalue weighted by molar-refractivity contribution is 6.07. The van der Waals surface area contributed by atoms with Gasteiger partial charge in [0.25, 0.3) is 0 Å². The molecule has 252 valence electrons. The van der Waals surface area contributed by atoms with E-state index in [1.54, 1.807) is 0 Å². The fraction of sp³-hybridized carbons (Fsp3) is 0. The summed E-state index contributed by atoms with van der Waals surface area (Å²) < 4.78 is 8.72. The fourth-order valence-corrected chi connectivity index (χ4v) is 8.07. The van der Waals surface area contributed by atoms with Gasteiger partial charge in [-0.25, -0.2) is 9.97 Å². The van der Waals surface area contributed by atoms with E-state index in [-0.39, 0.29) is 0 Å². The largest absolute Gasteiger partial charge is 0.438 e. The Balaban J connectivity index is 1.04. The first-order chi connectivity index (χ1) is 26.8. The van der Waals surface area contributed by atoms with Gasteiger partial charge < -0.3 is 4.42 Å². The van der Waals surface area contributed by atoms with Crippen LogP contribution < -0.4 is 0 Å². The molecule has 0 saturated carbocycles. The normalized spacial score (nSPS) is 11.7. The number of aromatic nitrogens is 3. The summed E-state index contributed by atoms with van der Waals surface area (Å²) in [5.74, 6) is 0.707. The van der Waals surface area contributed by atoms with Gasteiger partial charge in [-0.05, 0) is 68.6 Å². The SMILES string of the molecule is c1cc(-c2ccc(-c3c4ccccc4n4c3oc3ccccc34)cc2)cc(-c2cc(-c3cccc4ccccc34)nc(-c3cccc4ccccc34)n2)c1. The van der Waals surface area contributed by atoms with E-state index >= 15 is 0 Å². The van der Waals surface area contributed by atoms with E-state index in [9.17, 15) is 0 Å². The van der Waals surface area contributed by atoms with E-state index in [2.05, 4.69) is 180 Å². The topological polar surface area (TPSA) is 43.3 Å². The maximum atomic E-state index is 6.48. The lowest BCUT2D eigenvalue weighted by atomic mass is 9.97. The summed E-state index contributed by atoms with van der Waals surface area (Å²) in [6, 6.07) is 66.1. The predicted octanol–water partition coefficient (Wildman–Crippen LogP) is 13.3. The summed E-state index contributed by atoms with van der Waals surface area (Å²) in [5, 5.41) is 5.81. The van der Waals surface area contributed by atoms with E-state index in [0.717, 1.165) is 83.4 Å². The molecule has 0 amide bonds. The molecule has 3 heterocycles. The third-order valence-corrected chi connectivity index (χ3v) is 10.6. The molecule has 0 aliphatic heterocycles. The average Bonchev–Trinajstić information content (AvgIpc) is 3.78. The highest BCUT2D eigenvalue weighted by atomic mass is 16.3. The first-order valence-electron chi connectivity index (χ1n) is 18.2. The van der Waals surface area contributed by atoms with Gasteiger partial charge in [0.05, 0.1) is 28.0 Å². The van der Waals surface area contributed by atoms with E-state index < -0.39 is 0 Å². The van der Waals surface area contributed by atoms with Crippen LogP contribution in [0.3, 0.4) is 0 Å². The van der Waals surface area contributed by atoms with Crippen molar-refractivity contribution in [2.24, 2.45) is 0 Å². The van der Waals surface area contributed by atoms with Crippen LogP contribution in [0.25, 0.3) is 105 Å². The fourth-order valence-electron chi connectivity index (χ4n) is 8.07. The molecule has 0 unspecified atom stereocenters. The van der Waals surface area contributed by atoms with Gasteiger partial charge in [0.1, 0.15) is 0 Å². The number of oxazole rings is 1. The molecule has 0 saturated heterocycles. The zero-order valence-corrected chi connectivity index (χ0v) is 29.1. The first-order valence-corrected chi connectivity index (χ1v) is 18.2. The number of benzene rings is 8. The lowest BCUT2D eigenvalue weighted by Gasteiger charge is -2.13. The number of para-hydroxylation sites is 3. The van der Waals surface area contributed by atoms with E-state index in [1.807, 2.05) is 12.1 Å². The van der Waals surface area contributed by atoms with Gasteiger partial charge >= 0.3 is 0 Å². The number of hydrogen-bond donors (Lipinski definition) is 0. The van der Waals surface area contributed by atoms with Crippen molar-refractivity contribution in [2.45, 2.75) is 0 Å². The molecule has 0 spiro atoms. The number of hydrogen-bond acceptors (Lipinski definition) is 3. The Bertz CT molecular complexity index is 3120. The summed E-state index contributed by atoms with van der Waals surface area (Å²) in [6.07, 6.45) is 0. The Labute approximate surface area is 311 Å². The van der Waals surface area contributed by atoms with Crippen LogP contribution in [-0.4, -0.2) is 14.4 Å². The Morgan fingerprint density at radius 2 is 0.963 bits per heavy atom. The molecule has 0 atom stereocenters. The van der Waals surface area contributed by atoms with Crippen LogP contribution >= 0.6 is 0 Å². The lowest BCUT2D eigenvalue weighted by molar-refractivity contribution is 0.658. The minimum absolute atomic E-state index is 0.707. The number of rotatable bonds is 5. The molecule has 4 heteroatoms. The van der Waals surface area contributed by atoms with Gasteiger partial charge in [-0.3, -0.25) is 4.40 Å². The van der Waals surface area contributed by atoms with Crippen molar-refractivity contribution >= 4 is 49.3 Å². The molecule has 4 nitrogen and oxygen atoms in total. The van der Waals surface area contributed by atoms with E-state index in [4.69, 9.17) is 14.4 Å². The van der Waals surface area contributed by atoms with Crippen molar-refractivity contribution in [1.29, 1.82) is 0 Å². The van der Waals surface area contributed by atoms with Crippen molar-refractivity contribution in [3.8, 4) is 56.2 Å². The van der Waals surface area contributed by atoms with Gasteiger partial charge in [-0.15, -0.1) is 0 Å². The molecule has 11 aromatic rings. The Morgan fingerprint density at radius 1 is 0.389 bits per heavy atom. The second-order valence-electron chi connectivity index (χ2n) is 13.8. The Hall–Kier alpha value is -7.30. The highest BCUT2D eigenvalue weighted by Crippen LogP contribution is 2.40. The monoisotopic (exact) mass is 689 g/mol. The highest BCUT2D eigenvalue weighted by Gasteiger charge is 2.20. The molecule has 0 aliphatic carbocycles. The summed E-state index contributed by atoms with van der Waals surface area (Å²) in [5.41, 5.74) is 13.3. The summed E-state index contributed by atoms with van der Waals surface area (Å²) in [4.78, 5) is 10.5. The zero-order chi connectivity index (χ0) is 35.6. The van der Waals surface area contributed by atoms with Crippen LogP contribution in [0.5, 0.6) is 0 Å². The third-order valence-electron chi connectivity index (χ3n) is 10.6. The first kappa shape index (κ1) is 30.3. The molecule has 0 aliphatic rings. The van der Waals surface area contributed by atoms with Gasteiger partial charge in [0.15, 0.2) is 11.4 Å².